The summed E-state index contributed by atoms with van der Waals surface area (Å²) >= 11 is 11.8. The lowest BCUT2D eigenvalue weighted by molar-refractivity contribution is -0.124. The predicted octanol–water partition coefficient (Wildman–Crippen LogP) is 5.02. The van der Waals surface area contributed by atoms with Crippen molar-refractivity contribution in [2.24, 2.45) is 0 Å². The Bertz CT molecular complexity index is 1350. The van der Waals surface area contributed by atoms with E-state index in [2.05, 4.69) is 39.4 Å². The predicted molar refractivity (Wildman–Crippen MR) is 164 cm³/mol. The van der Waals surface area contributed by atoms with Gasteiger partial charge in [0.1, 0.15) is 11.9 Å². The molecule has 2 fully saturated rings. The van der Waals surface area contributed by atoms with Crippen LogP contribution in [0.4, 0.5) is 15.8 Å². The summed E-state index contributed by atoms with van der Waals surface area (Å²) in [5.74, 6) is -0.974. The van der Waals surface area contributed by atoms with Gasteiger partial charge in [0.2, 0.25) is 5.91 Å². The number of halogens is 2. The first-order chi connectivity index (χ1) is 19.9. The fourth-order valence-electron chi connectivity index (χ4n) is 5.31. The second-order valence-corrected chi connectivity index (χ2v) is 11.2. The van der Waals surface area contributed by atoms with Crippen LogP contribution in [0.25, 0.3) is 0 Å². The smallest absolute Gasteiger partial charge is 0.256 e. The van der Waals surface area contributed by atoms with Crippen molar-refractivity contribution >= 4 is 52.1 Å². The lowest BCUT2D eigenvalue weighted by atomic mass is 10.1. The molecule has 0 saturated carbocycles. The number of thiocarbonyl (C=S) groups is 1. The van der Waals surface area contributed by atoms with E-state index in [0.717, 1.165) is 45.7 Å². The molecule has 3 aromatic rings. The van der Waals surface area contributed by atoms with Crippen LogP contribution < -0.4 is 10.2 Å². The van der Waals surface area contributed by atoms with Gasteiger partial charge in [-0.1, -0.05) is 41.9 Å². The minimum atomic E-state index is -0.735. The largest absolute Gasteiger partial charge is 0.336 e. The average Bonchev–Trinajstić information content (AvgIpc) is 3.20. The van der Waals surface area contributed by atoms with E-state index < -0.39 is 6.04 Å². The lowest BCUT2D eigenvalue weighted by Gasteiger charge is -2.35. The third-order valence-electron chi connectivity index (χ3n) is 7.50. The maximum absolute atomic E-state index is 13.6. The molecule has 1 atom stereocenters. The number of hydrogen-bond acceptors (Lipinski definition) is 5. The number of benzene rings is 3. The van der Waals surface area contributed by atoms with E-state index in [1.54, 1.807) is 24.3 Å². The highest BCUT2D eigenvalue weighted by molar-refractivity contribution is 7.80. The molecule has 0 spiro atoms. The topological polar surface area (TPSA) is 59.1 Å². The van der Waals surface area contributed by atoms with Gasteiger partial charge in [-0.25, -0.2) is 4.39 Å². The molecule has 0 bridgehead atoms. The van der Waals surface area contributed by atoms with Gasteiger partial charge in [-0.15, -0.1) is 0 Å². The van der Waals surface area contributed by atoms with Crippen molar-refractivity contribution in [3.05, 3.63) is 95.3 Å². The van der Waals surface area contributed by atoms with Gasteiger partial charge >= 0.3 is 0 Å². The number of nitrogens with zero attached hydrogens (tertiary/aromatic N) is 4. The number of anilines is 2. The third-order valence-corrected chi connectivity index (χ3v) is 8.17. The summed E-state index contributed by atoms with van der Waals surface area (Å²) in [5.41, 5.74) is 2.41. The Labute approximate surface area is 250 Å². The SMILES string of the molecule is O=C(C[C@H]1C(=O)N(c2ccc(Cl)cc2)C(=S)N1CCCN1CCN(Cc2ccccc2)CC1)Nc1ccc(F)cc1. The Balaban J connectivity index is 1.20. The van der Waals surface area contributed by atoms with Crippen LogP contribution in [0.1, 0.15) is 18.4 Å². The van der Waals surface area contributed by atoms with Crippen LogP contribution >= 0.6 is 23.8 Å². The van der Waals surface area contributed by atoms with Gasteiger partial charge in [-0.3, -0.25) is 19.4 Å². The maximum atomic E-state index is 13.6. The van der Waals surface area contributed by atoms with E-state index in [4.69, 9.17) is 23.8 Å². The number of hydrogen-bond donors (Lipinski definition) is 1. The van der Waals surface area contributed by atoms with Crippen molar-refractivity contribution in [3.63, 3.8) is 0 Å². The van der Waals surface area contributed by atoms with Crippen LogP contribution in [0.5, 0.6) is 0 Å². The summed E-state index contributed by atoms with van der Waals surface area (Å²) in [6, 6.07) is 22.2. The molecular weight excluding hydrogens is 561 g/mol. The van der Waals surface area contributed by atoms with E-state index in [-0.39, 0.29) is 24.1 Å². The molecule has 0 unspecified atom stereocenters. The highest BCUT2D eigenvalue weighted by atomic mass is 35.5. The Hall–Kier alpha value is -3.37. The molecule has 7 nitrogen and oxygen atoms in total. The fraction of sp³-hybridized carbons (Fsp3) is 0.323. The molecule has 2 saturated heterocycles. The number of piperazine rings is 1. The van der Waals surface area contributed by atoms with E-state index in [9.17, 15) is 14.0 Å². The summed E-state index contributed by atoms with van der Waals surface area (Å²) < 4.78 is 13.3. The number of carbonyl (C=O) groups excluding carboxylic acids is 2. The normalized spacial score (nSPS) is 18.2. The standard InChI is InChI=1S/C31H33ClFN5O2S/c32-24-7-13-27(14-8-24)38-30(40)28(21-29(39)34-26-11-9-25(33)10-12-26)37(31(38)41)16-4-15-35-17-19-36(20-18-35)22-23-5-2-1-3-6-23/h1-3,5-14,28H,4,15-22H2,(H,34,39)/t28-/m0/s1. The molecule has 0 radical (unpaired) electrons. The molecule has 41 heavy (non-hydrogen) atoms. The Kier molecular flexibility index (Phi) is 9.61. The zero-order valence-corrected chi connectivity index (χ0v) is 24.3. The number of amides is 2. The zero-order valence-electron chi connectivity index (χ0n) is 22.7. The van der Waals surface area contributed by atoms with Gasteiger partial charge in [0.25, 0.3) is 5.91 Å². The van der Waals surface area contributed by atoms with E-state index in [1.165, 1.54) is 34.7 Å². The molecule has 1 N–H and O–H groups in total. The molecule has 3 aromatic carbocycles. The second kappa shape index (κ2) is 13.5. The average molecular weight is 594 g/mol. The first-order valence-corrected chi connectivity index (χ1v) is 14.6. The number of nitrogens with one attached hydrogen (secondary N) is 1. The summed E-state index contributed by atoms with van der Waals surface area (Å²) in [7, 11) is 0. The van der Waals surface area contributed by atoms with Crippen molar-refractivity contribution in [2.75, 3.05) is 49.5 Å². The van der Waals surface area contributed by atoms with Crippen LogP contribution in [-0.4, -0.2) is 76.9 Å². The summed E-state index contributed by atoms with van der Waals surface area (Å²) in [6.07, 6.45) is 0.731. The van der Waals surface area contributed by atoms with Crippen molar-refractivity contribution in [2.45, 2.75) is 25.4 Å². The van der Waals surface area contributed by atoms with Crippen LogP contribution in [0.2, 0.25) is 5.02 Å². The minimum absolute atomic E-state index is 0.0708. The van der Waals surface area contributed by atoms with Crippen LogP contribution in [-0.2, 0) is 16.1 Å². The van der Waals surface area contributed by atoms with Gasteiger partial charge in [0, 0.05) is 50.0 Å². The molecule has 10 heteroatoms. The highest BCUT2D eigenvalue weighted by Gasteiger charge is 2.43. The quantitative estimate of drug-likeness (QED) is 0.333. The first kappa shape index (κ1) is 29.1. The summed E-state index contributed by atoms with van der Waals surface area (Å²) in [4.78, 5) is 34.8. The van der Waals surface area contributed by atoms with Crippen molar-refractivity contribution in [3.8, 4) is 0 Å². The molecule has 0 aliphatic carbocycles. The monoisotopic (exact) mass is 593 g/mol. The Morgan fingerprint density at radius 2 is 1.56 bits per heavy atom. The lowest BCUT2D eigenvalue weighted by Crippen LogP contribution is -2.47. The molecule has 214 valence electrons. The van der Waals surface area contributed by atoms with Crippen molar-refractivity contribution in [1.82, 2.24) is 14.7 Å². The zero-order chi connectivity index (χ0) is 28.8. The van der Waals surface area contributed by atoms with Crippen molar-refractivity contribution in [1.29, 1.82) is 0 Å². The van der Waals surface area contributed by atoms with E-state index >= 15 is 0 Å². The van der Waals surface area contributed by atoms with Crippen LogP contribution in [0.3, 0.4) is 0 Å². The van der Waals surface area contributed by atoms with Crippen LogP contribution in [0, 0.1) is 5.82 Å². The van der Waals surface area contributed by atoms with Crippen molar-refractivity contribution < 1.29 is 14.0 Å². The second-order valence-electron chi connectivity index (χ2n) is 10.4. The Morgan fingerprint density at radius 3 is 2.24 bits per heavy atom. The van der Waals surface area contributed by atoms with Gasteiger partial charge in [-0.05, 0) is 79.3 Å². The Morgan fingerprint density at radius 1 is 0.902 bits per heavy atom. The molecule has 2 amide bonds. The summed E-state index contributed by atoms with van der Waals surface area (Å²) in [5, 5.41) is 3.70. The van der Waals surface area contributed by atoms with Gasteiger partial charge in [0.15, 0.2) is 5.11 Å². The summed E-state index contributed by atoms with van der Waals surface area (Å²) in [6.45, 7) is 6.36. The minimum Gasteiger partial charge on any atom is -0.336 e. The molecule has 2 heterocycles. The van der Waals surface area contributed by atoms with E-state index in [0.29, 0.717) is 28.1 Å². The molecule has 2 aliphatic heterocycles. The molecule has 2 aliphatic rings. The first-order valence-electron chi connectivity index (χ1n) is 13.8. The van der Waals surface area contributed by atoms with E-state index in [1.807, 2.05) is 11.0 Å². The molecular formula is C31H33ClFN5O2S. The fourth-order valence-corrected chi connectivity index (χ4v) is 5.85. The van der Waals surface area contributed by atoms with Gasteiger partial charge < -0.3 is 15.1 Å². The molecule has 5 rings (SSSR count). The number of rotatable bonds is 10. The molecule has 0 aromatic heterocycles. The van der Waals surface area contributed by atoms with Gasteiger partial charge in [0.05, 0.1) is 12.1 Å². The van der Waals surface area contributed by atoms with Gasteiger partial charge in [-0.2, -0.15) is 0 Å². The third kappa shape index (κ3) is 7.48. The number of carbonyl (C=O) groups is 2. The highest BCUT2D eigenvalue weighted by Crippen LogP contribution is 2.29. The van der Waals surface area contributed by atoms with Crippen LogP contribution in [0.15, 0.2) is 78.9 Å². The maximum Gasteiger partial charge on any atom is 0.256 e.